The van der Waals surface area contributed by atoms with Crippen LogP contribution in [0.15, 0.2) is 45.8 Å². The molecular formula is C15H17BrN2O2S. The summed E-state index contributed by atoms with van der Waals surface area (Å²) in [5.74, 6) is 0. The third-order valence-corrected chi connectivity index (χ3v) is 4.89. The number of anilines is 1. The number of sulfonamides is 1. The molecule has 0 saturated heterocycles. The van der Waals surface area contributed by atoms with Crippen LogP contribution in [0, 0.1) is 13.8 Å². The largest absolute Gasteiger partial charge is 0.380 e. The highest BCUT2D eigenvalue weighted by Crippen LogP contribution is 2.26. The number of aryl methyl sites for hydroxylation is 2. The minimum absolute atomic E-state index is 0.0890. The number of nitrogens with one attached hydrogen (secondary N) is 1. The number of rotatable bonds is 4. The van der Waals surface area contributed by atoms with E-state index in [0.29, 0.717) is 11.0 Å². The maximum atomic E-state index is 11.3. The van der Waals surface area contributed by atoms with Crippen molar-refractivity contribution in [2.24, 2.45) is 5.14 Å². The summed E-state index contributed by atoms with van der Waals surface area (Å²) in [5.41, 5.74) is 4.50. The van der Waals surface area contributed by atoms with Crippen molar-refractivity contribution in [2.75, 3.05) is 5.32 Å². The highest BCUT2D eigenvalue weighted by Gasteiger charge is 2.10. The standard InChI is InChI=1S/C15H17BrN2O2S/c1-10-3-4-12(7-11(10)2)9-18-15-6-5-13(8-14(15)16)21(17,19)20/h3-8,18H,9H2,1-2H3,(H2,17,19,20). The molecule has 0 heterocycles. The molecule has 2 aromatic rings. The molecule has 0 atom stereocenters. The molecule has 112 valence electrons. The molecule has 0 fully saturated rings. The number of halogens is 1. The van der Waals surface area contributed by atoms with Crippen LogP contribution in [0.2, 0.25) is 0 Å². The van der Waals surface area contributed by atoms with Gasteiger partial charge in [-0.2, -0.15) is 0 Å². The molecule has 4 nitrogen and oxygen atoms in total. The fraction of sp³-hybridized carbons (Fsp3) is 0.200. The predicted molar refractivity (Wildman–Crippen MR) is 88.8 cm³/mol. The molecule has 2 aromatic carbocycles. The van der Waals surface area contributed by atoms with Gasteiger partial charge in [0.05, 0.1) is 4.90 Å². The van der Waals surface area contributed by atoms with Crippen molar-refractivity contribution >= 4 is 31.6 Å². The van der Waals surface area contributed by atoms with Crippen LogP contribution in [-0.4, -0.2) is 8.42 Å². The minimum Gasteiger partial charge on any atom is -0.380 e. The van der Waals surface area contributed by atoms with Gasteiger partial charge >= 0.3 is 0 Å². The molecule has 6 heteroatoms. The van der Waals surface area contributed by atoms with E-state index < -0.39 is 10.0 Å². The molecule has 0 bridgehead atoms. The minimum atomic E-state index is -3.68. The Labute approximate surface area is 133 Å². The Hall–Kier alpha value is -1.37. The van der Waals surface area contributed by atoms with E-state index in [4.69, 9.17) is 5.14 Å². The van der Waals surface area contributed by atoms with Crippen molar-refractivity contribution in [3.05, 3.63) is 57.6 Å². The quantitative estimate of drug-likeness (QED) is 0.869. The SMILES string of the molecule is Cc1ccc(CNc2ccc(S(N)(=O)=O)cc2Br)cc1C. The summed E-state index contributed by atoms with van der Waals surface area (Å²) in [5, 5.41) is 8.37. The van der Waals surface area contributed by atoms with Gasteiger partial charge in [0.1, 0.15) is 0 Å². The van der Waals surface area contributed by atoms with Gasteiger partial charge in [0.25, 0.3) is 0 Å². The zero-order chi connectivity index (χ0) is 15.6. The fourth-order valence-electron chi connectivity index (χ4n) is 1.93. The maximum absolute atomic E-state index is 11.3. The monoisotopic (exact) mass is 368 g/mol. The number of hydrogen-bond donors (Lipinski definition) is 2. The second-order valence-corrected chi connectivity index (χ2v) is 7.37. The third-order valence-electron chi connectivity index (χ3n) is 3.32. The van der Waals surface area contributed by atoms with Gasteiger partial charge in [-0.25, -0.2) is 13.6 Å². The lowest BCUT2D eigenvalue weighted by molar-refractivity contribution is 0.598. The Morgan fingerprint density at radius 1 is 1.10 bits per heavy atom. The summed E-state index contributed by atoms with van der Waals surface area (Å²) >= 11 is 3.36. The second-order valence-electron chi connectivity index (χ2n) is 4.96. The molecule has 0 saturated carbocycles. The first-order valence-electron chi connectivity index (χ1n) is 6.40. The van der Waals surface area contributed by atoms with Crippen LogP contribution in [0.4, 0.5) is 5.69 Å². The summed E-state index contributed by atoms with van der Waals surface area (Å²) < 4.78 is 23.2. The molecule has 3 N–H and O–H groups in total. The van der Waals surface area contributed by atoms with Crippen LogP contribution in [0.3, 0.4) is 0 Å². The molecule has 0 aromatic heterocycles. The van der Waals surface area contributed by atoms with E-state index in [9.17, 15) is 8.42 Å². The van der Waals surface area contributed by atoms with Gasteiger partial charge in [-0.15, -0.1) is 0 Å². The van der Waals surface area contributed by atoms with E-state index in [-0.39, 0.29) is 4.90 Å². The highest BCUT2D eigenvalue weighted by molar-refractivity contribution is 9.10. The van der Waals surface area contributed by atoms with E-state index in [1.165, 1.54) is 28.8 Å². The molecular weight excluding hydrogens is 352 g/mol. The average Bonchev–Trinajstić information content (AvgIpc) is 2.40. The zero-order valence-electron chi connectivity index (χ0n) is 11.9. The highest BCUT2D eigenvalue weighted by atomic mass is 79.9. The van der Waals surface area contributed by atoms with Crippen LogP contribution >= 0.6 is 15.9 Å². The Balaban J connectivity index is 2.15. The first-order chi connectivity index (χ1) is 9.77. The van der Waals surface area contributed by atoms with Gasteiger partial charge < -0.3 is 5.32 Å². The van der Waals surface area contributed by atoms with Crippen molar-refractivity contribution < 1.29 is 8.42 Å². The van der Waals surface area contributed by atoms with Crippen LogP contribution in [0.25, 0.3) is 0 Å². The molecule has 2 rings (SSSR count). The van der Waals surface area contributed by atoms with Gasteiger partial charge in [0, 0.05) is 16.7 Å². The zero-order valence-corrected chi connectivity index (χ0v) is 14.3. The van der Waals surface area contributed by atoms with Crippen LogP contribution in [0.1, 0.15) is 16.7 Å². The Morgan fingerprint density at radius 2 is 1.81 bits per heavy atom. The van der Waals surface area contributed by atoms with Crippen molar-refractivity contribution in [2.45, 2.75) is 25.3 Å². The maximum Gasteiger partial charge on any atom is 0.238 e. The lowest BCUT2D eigenvalue weighted by Crippen LogP contribution is -2.12. The molecule has 0 amide bonds. The first kappa shape index (κ1) is 16.0. The number of nitrogens with two attached hydrogens (primary N) is 1. The summed E-state index contributed by atoms with van der Waals surface area (Å²) in [6, 6.07) is 11.0. The lowest BCUT2D eigenvalue weighted by atomic mass is 10.1. The smallest absolute Gasteiger partial charge is 0.238 e. The normalized spacial score (nSPS) is 11.4. The van der Waals surface area contributed by atoms with Crippen LogP contribution < -0.4 is 10.5 Å². The molecule has 0 spiro atoms. The second kappa shape index (κ2) is 6.17. The number of benzene rings is 2. The van der Waals surface area contributed by atoms with Crippen LogP contribution in [0.5, 0.6) is 0 Å². The molecule has 0 aliphatic carbocycles. The molecule has 0 aliphatic heterocycles. The molecule has 21 heavy (non-hydrogen) atoms. The van der Waals surface area contributed by atoms with Gasteiger partial charge in [0.15, 0.2) is 0 Å². The Kier molecular flexibility index (Phi) is 4.70. The fourth-order valence-corrected chi connectivity index (χ4v) is 3.14. The van der Waals surface area contributed by atoms with Crippen LogP contribution in [-0.2, 0) is 16.6 Å². The summed E-state index contributed by atoms with van der Waals surface area (Å²) in [7, 11) is -3.68. The van der Waals surface area contributed by atoms with E-state index in [1.807, 2.05) is 0 Å². The van der Waals surface area contributed by atoms with Gasteiger partial charge in [-0.3, -0.25) is 0 Å². The van der Waals surface area contributed by atoms with Crippen molar-refractivity contribution in [3.63, 3.8) is 0 Å². The molecule has 0 unspecified atom stereocenters. The average molecular weight is 369 g/mol. The van der Waals surface area contributed by atoms with Crippen molar-refractivity contribution in [1.82, 2.24) is 0 Å². The summed E-state index contributed by atoms with van der Waals surface area (Å²) in [4.78, 5) is 0.0890. The van der Waals surface area contributed by atoms with Crippen molar-refractivity contribution in [1.29, 1.82) is 0 Å². The Bertz CT molecular complexity index is 773. The van der Waals surface area contributed by atoms with E-state index >= 15 is 0 Å². The topological polar surface area (TPSA) is 72.2 Å². The lowest BCUT2D eigenvalue weighted by Gasteiger charge is -2.11. The summed E-state index contributed by atoms with van der Waals surface area (Å²) in [6.07, 6.45) is 0. The van der Waals surface area contributed by atoms with E-state index in [2.05, 4.69) is 53.3 Å². The van der Waals surface area contributed by atoms with E-state index in [1.54, 1.807) is 6.07 Å². The van der Waals surface area contributed by atoms with Gasteiger partial charge in [-0.1, -0.05) is 18.2 Å². The summed E-state index contributed by atoms with van der Waals surface area (Å²) in [6.45, 7) is 4.82. The molecule has 0 aliphatic rings. The molecule has 0 radical (unpaired) electrons. The predicted octanol–water partition coefficient (Wildman–Crippen LogP) is 3.33. The Morgan fingerprint density at radius 3 is 2.38 bits per heavy atom. The van der Waals surface area contributed by atoms with E-state index in [0.717, 1.165) is 5.69 Å². The third kappa shape index (κ3) is 4.06. The number of primary sulfonamides is 1. The van der Waals surface area contributed by atoms with Crippen molar-refractivity contribution in [3.8, 4) is 0 Å². The first-order valence-corrected chi connectivity index (χ1v) is 8.73. The van der Waals surface area contributed by atoms with Gasteiger partial charge in [0.2, 0.25) is 10.0 Å². The van der Waals surface area contributed by atoms with Gasteiger partial charge in [-0.05, 0) is 64.7 Å². The number of hydrogen-bond acceptors (Lipinski definition) is 3.